The predicted octanol–water partition coefficient (Wildman–Crippen LogP) is 5.97. The van der Waals surface area contributed by atoms with Gasteiger partial charge in [-0.2, -0.15) is 0 Å². The van der Waals surface area contributed by atoms with Crippen LogP contribution >= 0.6 is 23.1 Å². The van der Waals surface area contributed by atoms with Crippen molar-refractivity contribution in [1.82, 2.24) is 4.90 Å². The Bertz CT molecular complexity index is 1100. The summed E-state index contributed by atoms with van der Waals surface area (Å²) >= 11 is 3.07. The maximum absolute atomic E-state index is 12.7. The molecule has 2 heterocycles. The van der Waals surface area contributed by atoms with Crippen molar-refractivity contribution >= 4 is 45.9 Å². The van der Waals surface area contributed by atoms with E-state index in [1.165, 1.54) is 27.8 Å². The molecule has 2 aromatic carbocycles. The van der Waals surface area contributed by atoms with E-state index >= 15 is 0 Å². The summed E-state index contributed by atoms with van der Waals surface area (Å²) in [6.07, 6.45) is 1.95. The van der Waals surface area contributed by atoms with Gasteiger partial charge in [0.1, 0.15) is 5.75 Å². The number of nitrogens with zero attached hydrogens (tertiary/aromatic N) is 2. The molecule has 1 aliphatic heterocycles. The zero-order chi connectivity index (χ0) is 20.4. The van der Waals surface area contributed by atoms with E-state index in [0.717, 1.165) is 16.3 Å². The van der Waals surface area contributed by atoms with Crippen molar-refractivity contribution in [3.63, 3.8) is 0 Å². The summed E-state index contributed by atoms with van der Waals surface area (Å²) in [6, 6.07) is 20.1. The summed E-state index contributed by atoms with van der Waals surface area (Å²) in [5, 5.41) is 0.668. The fourth-order valence-electron chi connectivity index (χ4n) is 2.85. The largest absolute Gasteiger partial charge is 0.497 e. The lowest BCUT2D eigenvalue weighted by atomic mass is 10.1. The van der Waals surface area contributed by atoms with Crippen LogP contribution in [0.5, 0.6) is 5.75 Å². The quantitative estimate of drug-likeness (QED) is 0.489. The van der Waals surface area contributed by atoms with Gasteiger partial charge in [-0.25, -0.2) is 4.99 Å². The Morgan fingerprint density at radius 2 is 1.72 bits per heavy atom. The molecule has 0 unspecified atom stereocenters. The summed E-state index contributed by atoms with van der Waals surface area (Å²) in [6.45, 7) is 2.08. The first-order chi connectivity index (χ1) is 14.0. The van der Waals surface area contributed by atoms with Gasteiger partial charge in [0.15, 0.2) is 5.17 Å². The third-order valence-electron chi connectivity index (χ3n) is 4.54. The summed E-state index contributed by atoms with van der Waals surface area (Å²) in [5.74, 6) is 0.743. The van der Waals surface area contributed by atoms with E-state index < -0.39 is 0 Å². The molecule has 146 valence electrons. The summed E-state index contributed by atoms with van der Waals surface area (Å²) in [7, 11) is 3.39. The van der Waals surface area contributed by atoms with Crippen LogP contribution in [-0.2, 0) is 4.79 Å². The number of hydrogen-bond donors (Lipinski definition) is 0. The third-order valence-corrected chi connectivity index (χ3v) is 6.68. The molecule has 0 atom stereocenters. The van der Waals surface area contributed by atoms with Gasteiger partial charge in [0.25, 0.3) is 5.91 Å². The molecule has 0 N–H and O–H groups in total. The highest BCUT2D eigenvalue weighted by molar-refractivity contribution is 8.18. The molecule has 4 rings (SSSR count). The van der Waals surface area contributed by atoms with Crippen LogP contribution in [0.15, 0.2) is 70.6 Å². The second-order valence-corrected chi connectivity index (χ2v) is 8.76. The highest BCUT2D eigenvalue weighted by Gasteiger charge is 2.30. The number of carbonyl (C=O) groups excluding carboxylic acids is 1. The van der Waals surface area contributed by atoms with Gasteiger partial charge >= 0.3 is 0 Å². The first-order valence-corrected chi connectivity index (χ1v) is 10.7. The molecule has 0 aliphatic carbocycles. The second kappa shape index (κ2) is 8.27. The zero-order valence-electron chi connectivity index (χ0n) is 16.4. The number of benzene rings is 2. The Labute approximate surface area is 178 Å². The molecule has 0 radical (unpaired) electrons. The van der Waals surface area contributed by atoms with E-state index in [4.69, 9.17) is 4.74 Å². The van der Waals surface area contributed by atoms with E-state index in [9.17, 15) is 4.79 Å². The lowest BCUT2D eigenvalue weighted by Gasteiger charge is -2.07. The van der Waals surface area contributed by atoms with Gasteiger partial charge in [-0.05, 0) is 66.7 Å². The smallest absolute Gasteiger partial charge is 0.266 e. The SMILES string of the molecule is COc1ccc(N=C2S/C(=C\c3ccc(-c4ccc(C)cc4)s3)C(=O)N2C)cc1. The fraction of sp³-hybridized carbons (Fsp3) is 0.130. The van der Waals surface area contributed by atoms with Gasteiger partial charge in [0.2, 0.25) is 0 Å². The minimum atomic E-state index is -0.0347. The number of amides is 1. The number of methoxy groups -OCH3 is 1. The van der Waals surface area contributed by atoms with Gasteiger partial charge in [0.05, 0.1) is 17.7 Å². The number of hydrogen-bond acceptors (Lipinski definition) is 5. The number of likely N-dealkylation sites (N-methyl/N-ethyl adjacent to an activating group) is 1. The molecule has 1 amide bonds. The van der Waals surface area contributed by atoms with Crippen molar-refractivity contribution < 1.29 is 9.53 Å². The van der Waals surface area contributed by atoms with Gasteiger partial charge in [0, 0.05) is 16.8 Å². The van der Waals surface area contributed by atoms with E-state index in [1.54, 1.807) is 30.4 Å². The lowest BCUT2D eigenvalue weighted by Crippen LogP contribution is -2.23. The molecule has 0 saturated carbocycles. The van der Waals surface area contributed by atoms with E-state index in [2.05, 4.69) is 48.3 Å². The minimum absolute atomic E-state index is 0.0347. The molecular weight excluding hydrogens is 400 g/mol. The average Bonchev–Trinajstić information content (AvgIpc) is 3.30. The molecular formula is C23H20N2O2S2. The number of thioether (sulfide) groups is 1. The summed E-state index contributed by atoms with van der Waals surface area (Å²) in [5.41, 5.74) is 3.22. The van der Waals surface area contributed by atoms with E-state index in [-0.39, 0.29) is 5.91 Å². The molecule has 1 aliphatic rings. The van der Waals surface area contributed by atoms with Crippen LogP contribution in [-0.4, -0.2) is 30.1 Å². The van der Waals surface area contributed by atoms with Crippen molar-refractivity contribution in [2.45, 2.75) is 6.92 Å². The van der Waals surface area contributed by atoms with Crippen LogP contribution in [0, 0.1) is 6.92 Å². The van der Waals surface area contributed by atoms with Crippen LogP contribution in [0.25, 0.3) is 16.5 Å². The Hall–Kier alpha value is -2.83. The normalized spacial score (nSPS) is 16.8. The highest BCUT2D eigenvalue weighted by atomic mass is 32.2. The summed E-state index contributed by atoms with van der Waals surface area (Å²) in [4.78, 5) is 21.8. The molecule has 0 bridgehead atoms. The Balaban J connectivity index is 1.56. The highest BCUT2D eigenvalue weighted by Crippen LogP contribution is 2.36. The van der Waals surface area contributed by atoms with Crippen molar-refractivity contribution in [3.8, 4) is 16.2 Å². The van der Waals surface area contributed by atoms with E-state index in [0.29, 0.717) is 10.1 Å². The van der Waals surface area contributed by atoms with Crippen molar-refractivity contribution in [1.29, 1.82) is 0 Å². The molecule has 1 fully saturated rings. The third kappa shape index (κ3) is 4.28. The Morgan fingerprint density at radius 3 is 2.41 bits per heavy atom. The maximum atomic E-state index is 12.7. The number of aryl methyl sites for hydroxylation is 1. The Kier molecular flexibility index (Phi) is 5.56. The van der Waals surface area contributed by atoms with Crippen LogP contribution in [0.3, 0.4) is 0 Å². The molecule has 29 heavy (non-hydrogen) atoms. The van der Waals surface area contributed by atoms with Crippen molar-refractivity contribution in [2.24, 2.45) is 4.99 Å². The van der Waals surface area contributed by atoms with Crippen molar-refractivity contribution in [2.75, 3.05) is 14.2 Å². The summed E-state index contributed by atoms with van der Waals surface area (Å²) < 4.78 is 5.17. The number of amidine groups is 1. The van der Waals surface area contributed by atoms with Crippen LogP contribution in [0.2, 0.25) is 0 Å². The fourth-order valence-corrected chi connectivity index (χ4v) is 4.86. The van der Waals surface area contributed by atoms with E-state index in [1.807, 2.05) is 30.3 Å². The number of aliphatic imine (C=N–C) groups is 1. The number of thiophene rings is 1. The molecule has 6 heteroatoms. The van der Waals surface area contributed by atoms with Crippen LogP contribution in [0.1, 0.15) is 10.4 Å². The maximum Gasteiger partial charge on any atom is 0.266 e. The first kappa shape index (κ1) is 19.5. The van der Waals surface area contributed by atoms with Gasteiger partial charge in [-0.15, -0.1) is 11.3 Å². The van der Waals surface area contributed by atoms with Crippen LogP contribution < -0.4 is 4.74 Å². The zero-order valence-corrected chi connectivity index (χ0v) is 18.0. The first-order valence-electron chi connectivity index (χ1n) is 9.11. The molecule has 1 saturated heterocycles. The van der Waals surface area contributed by atoms with Gasteiger partial charge < -0.3 is 4.74 Å². The van der Waals surface area contributed by atoms with Crippen molar-refractivity contribution in [3.05, 3.63) is 76.0 Å². The monoisotopic (exact) mass is 420 g/mol. The standard InChI is InChI=1S/C23H20N2O2S2/c1-15-4-6-16(7-5-15)20-13-12-19(28-20)14-21-22(26)25(2)23(29-21)24-17-8-10-18(27-3)11-9-17/h4-14H,1-3H3/b21-14-,24-23?. The number of carbonyl (C=O) groups is 1. The second-order valence-electron chi connectivity index (χ2n) is 6.64. The topological polar surface area (TPSA) is 41.9 Å². The molecule has 1 aromatic heterocycles. The molecule has 4 nitrogen and oxygen atoms in total. The average molecular weight is 421 g/mol. The molecule has 3 aromatic rings. The lowest BCUT2D eigenvalue weighted by molar-refractivity contribution is -0.121. The number of ether oxygens (including phenoxy) is 1. The van der Waals surface area contributed by atoms with Gasteiger partial charge in [-0.3, -0.25) is 9.69 Å². The van der Waals surface area contributed by atoms with Gasteiger partial charge in [-0.1, -0.05) is 29.8 Å². The van der Waals surface area contributed by atoms with Crippen LogP contribution in [0.4, 0.5) is 5.69 Å². The predicted molar refractivity (Wildman–Crippen MR) is 123 cm³/mol. The minimum Gasteiger partial charge on any atom is -0.497 e. The number of rotatable bonds is 4. The molecule has 0 spiro atoms. The Morgan fingerprint density at radius 1 is 1.00 bits per heavy atom.